The van der Waals surface area contributed by atoms with Crippen molar-refractivity contribution in [1.29, 1.82) is 0 Å². The molecule has 2 N–H and O–H groups in total. The SMILES string of the molecule is c1ccc(C2CCC([NH+]3CC[NH+](Cc4ccc5c(c4)OCO5)CC3)CC2)cc1. The molecule has 1 aliphatic carbocycles. The van der Waals surface area contributed by atoms with E-state index in [-0.39, 0.29) is 0 Å². The monoisotopic (exact) mass is 380 g/mol. The molecule has 2 heterocycles. The van der Waals surface area contributed by atoms with Gasteiger partial charge in [0.25, 0.3) is 0 Å². The summed E-state index contributed by atoms with van der Waals surface area (Å²) in [6.07, 6.45) is 5.52. The van der Waals surface area contributed by atoms with E-state index < -0.39 is 0 Å². The summed E-state index contributed by atoms with van der Waals surface area (Å²) in [6.45, 7) is 6.66. The molecule has 4 nitrogen and oxygen atoms in total. The average molecular weight is 381 g/mol. The lowest BCUT2D eigenvalue weighted by atomic mass is 9.81. The number of piperazine rings is 1. The first-order valence-corrected chi connectivity index (χ1v) is 11.0. The van der Waals surface area contributed by atoms with E-state index in [2.05, 4.69) is 48.5 Å². The summed E-state index contributed by atoms with van der Waals surface area (Å²) in [5.41, 5.74) is 2.92. The fourth-order valence-corrected chi connectivity index (χ4v) is 5.41. The molecule has 1 saturated heterocycles. The Morgan fingerprint density at radius 2 is 1.54 bits per heavy atom. The molecule has 0 aromatic heterocycles. The molecule has 148 valence electrons. The van der Waals surface area contributed by atoms with Gasteiger partial charge in [-0.05, 0) is 55.4 Å². The third kappa shape index (κ3) is 3.89. The van der Waals surface area contributed by atoms with Gasteiger partial charge in [0.15, 0.2) is 11.5 Å². The van der Waals surface area contributed by atoms with Crippen LogP contribution < -0.4 is 19.3 Å². The van der Waals surface area contributed by atoms with Gasteiger partial charge in [0, 0.05) is 5.56 Å². The van der Waals surface area contributed by atoms with Crippen LogP contribution in [-0.2, 0) is 6.54 Å². The molecule has 1 saturated carbocycles. The van der Waals surface area contributed by atoms with Crippen molar-refractivity contribution >= 4 is 0 Å². The molecule has 0 amide bonds. The summed E-state index contributed by atoms with van der Waals surface area (Å²) in [6, 6.07) is 18.4. The van der Waals surface area contributed by atoms with E-state index in [1.165, 1.54) is 57.4 Å². The van der Waals surface area contributed by atoms with Crippen LogP contribution >= 0.6 is 0 Å². The van der Waals surface area contributed by atoms with Crippen LogP contribution in [0, 0.1) is 0 Å². The zero-order chi connectivity index (χ0) is 18.8. The largest absolute Gasteiger partial charge is 0.454 e. The van der Waals surface area contributed by atoms with E-state index in [1.807, 2.05) is 4.90 Å². The summed E-state index contributed by atoms with van der Waals surface area (Å²) >= 11 is 0. The smallest absolute Gasteiger partial charge is 0.231 e. The summed E-state index contributed by atoms with van der Waals surface area (Å²) in [5, 5.41) is 0. The molecule has 5 rings (SSSR count). The number of rotatable bonds is 4. The molecule has 2 fully saturated rings. The molecule has 4 heteroatoms. The van der Waals surface area contributed by atoms with Crippen molar-refractivity contribution in [2.24, 2.45) is 0 Å². The minimum Gasteiger partial charge on any atom is -0.454 e. The second kappa shape index (κ2) is 8.14. The van der Waals surface area contributed by atoms with Crippen molar-refractivity contribution < 1.29 is 19.3 Å². The highest BCUT2D eigenvalue weighted by atomic mass is 16.7. The van der Waals surface area contributed by atoms with Gasteiger partial charge in [0.05, 0.1) is 6.04 Å². The molecular formula is C24H32N2O2+2. The maximum Gasteiger partial charge on any atom is 0.231 e. The van der Waals surface area contributed by atoms with E-state index >= 15 is 0 Å². The van der Waals surface area contributed by atoms with E-state index in [9.17, 15) is 0 Å². The fraction of sp³-hybridized carbons (Fsp3) is 0.500. The molecule has 0 atom stereocenters. The standard InChI is InChI=1S/C24H30N2O2/c1-2-4-20(5-3-1)21-7-9-22(10-8-21)26-14-12-25(13-15-26)17-19-6-11-23-24(16-19)28-18-27-23/h1-6,11,16,21-22H,7-10,12-15,17-18H2/p+2. The molecule has 0 bridgehead atoms. The number of fused-ring (bicyclic) bond motifs is 1. The number of benzene rings is 2. The highest BCUT2D eigenvalue weighted by Crippen LogP contribution is 2.33. The van der Waals surface area contributed by atoms with Crippen LogP contribution in [0.4, 0.5) is 0 Å². The number of quaternary nitrogens is 2. The van der Waals surface area contributed by atoms with Crippen molar-refractivity contribution in [3.05, 3.63) is 59.7 Å². The van der Waals surface area contributed by atoms with E-state index in [1.54, 1.807) is 10.5 Å². The van der Waals surface area contributed by atoms with Crippen LogP contribution in [0.5, 0.6) is 11.5 Å². The summed E-state index contributed by atoms with van der Waals surface area (Å²) in [5.74, 6) is 2.59. The molecule has 2 aromatic rings. The van der Waals surface area contributed by atoms with Crippen LogP contribution in [-0.4, -0.2) is 39.0 Å². The maximum atomic E-state index is 5.53. The summed E-state index contributed by atoms with van der Waals surface area (Å²) in [7, 11) is 0. The molecule has 2 aliphatic heterocycles. The van der Waals surface area contributed by atoms with Crippen molar-refractivity contribution in [2.75, 3.05) is 33.0 Å². The van der Waals surface area contributed by atoms with Crippen LogP contribution in [0.3, 0.4) is 0 Å². The van der Waals surface area contributed by atoms with Crippen molar-refractivity contribution in [2.45, 2.75) is 44.2 Å². The Hall–Kier alpha value is -2.04. The Kier molecular flexibility index (Phi) is 5.24. The van der Waals surface area contributed by atoms with Crippen molar-refractivity contribution in [3.8, 4) is 11.5 Å². The van der Waals surface area contributed by atoms with Gasteiger partial charge in [-0.15, -0.1) is 0 Å². The van der Waals surface area contributed by atoms with E-state index in [0.717, 1.165) is 30.0 Å². The zero-order valence-corrected chi connectivity index (χ0v) is 16.7. The lowest BCUT2D eigenvalue weighted by Crippen LogP contribution is -3.29. The zero-order valence-electron chi connectivity index (χ0n) is 16.7. The second-order valence-corrected chi connectivity index (χ2v) is 8.73. The lowest BCUT2D eigenvalue weighted by Gasteiger charge is -2.38. The van der Waals surface area contributed by atoms with Gasteiger partial charge in [0.2, 0.25) is 6.79 Å². The number of ether oxygens (including phenoxy) is 2. The molecule has 0 radical (unpaired) electrons. The fourth-order valence-electron chi connectivity index (χ4n) is 5.41. The van der Waals surface area contributed by atoms with Crippen molar-refractivity contribution in [1.82, 2.24) is 0 Å². The Labute approximate surface area is 168 Å². The normalized spacial score (nSPS) is 29.6. The Bertz CT molecular complexity index is 778. The van der Waals surface area contributed by atoms with Gasteiger partial charge in [-0.1, -0.05) is 30.3 Å². The lowest BCUT2D eigenvalue weighted by molar-refractivity contribution is -1.03. The third-order valence-electron chi connectivity index (χ3n) is 7.07. The minimum absolute atomic E-state index is 0.361. The summed E-state index contributed by atoms with van der Waals surface area (Å²) < 4.78 is 11.0. The predicted molar refractivity (Wildman–Crippen MR) is 109 cm³/mol. The van der Waals surface area contributed by atoms with Crippen LogP contribution in [0.1, 0.15) is 42.7 Å². The number of hydrogen-bond acceptors (Lipinski definition) is 2. The van der Waals surface area contributed by atoms with Gasteiger partial charge in [-0.25, -0.2) is 0 Å². The molecule has 0 unspecified atom stereocenters. The Balaban J connectivity index is 1.10. The van der Waals surface area contributed by atoms with E-state index in [4.69, 9.17) is 9.47 Å². The molecule has 28 heavy (non-hydrogen) atoms. The number of hydrogen-bond donors (Lipinski definition) is 2. The molecule has 2 aromatic carbocycles. The first-order valence-electron chi connectivity index (χ1n) is 11.0. The maximum absolute atomic E-state index is 5.53. The predicted octanol–water partition coefficient (Wildman–Crippen LogP) is 1.43. The van der Waals surface area contributed by atoms with Gasteiger partial charge in [0.1, 0.15) is 32.7 Å². The number of nitrogens with one attached hydrogen (secondary N) is 2. The van der Waals surface area contributed by atoms with Gasteiger partial charge < -0.3 is 19.3 Å². The first-order chi connectivity index (χ1) is 13.8. The third-order valence-corrected chi connectivity index (χ3v) is 7.07. The quantitative estimate of drug-likeness (QED) is 0.840. The molecule has 3 aliphatic rings. The molecule has 0 spiro atoms. The van der Waals surface area contributed by atoms with Gasteiger partial charge in [-0.3, -0.25) is 0 Å². The Morgan fingerprint density at radius 3 is 2.32 bits per heavy atom. The highest BCUT2D eigenvalue weighted by Gasteiger charge is 2.33. The van der Waals surface area contributed by atoms with Crippen LogP contribution in [0.15, 0.2) is 48.5 Å². The minimum atomic E-state index is 0.361. The highest BCUT2D eigenvalue weighted by molar-refractivity contribution is 5.44. The topological polar surface area (TPSA) is 27.3 Å². The second-order valence-electron chi connectivity index (χ2n) is 8.73. The average Bonchev–Trinajstić information content (AvgIpc) is 3.23. The van der Waals surface area contributed by atoms with Gasteiger partial charge >= 0.3 is 0 Å². The molecular weight excluding hydrogens is 348 g/mol. The van der Waals surface area contributed by atoms with Crippen molar-refractivity contribution in [3.63, 3.8) is 0 Å². The van der Waals surface area contributed by atoms with Gasteiger partial charge in [-0.2, -0.15) is 0 Å². The van der Waals surface area contributed by atoms with Crippen LogP contribution in [0.2, 0.25) is 0 Å². The Morgan fingerprint density at radius 1 is 0.786 bits per heavy atom. The first kappa shape index (κ1) is 18.0. The summed E-state index contributed by atoms with van der Waals surface area (Å²) in [4.78, 5) is 3.57. The van der Waals surface area contributed by atoms with E-state index in [0.29, 0.717) is 6.79 Å². The van der Waals surface area contributed by atoms with Crippen LogP contribution in [0.25, 0.3) is 0 Å².